The van der Waals surface area contributed by atoms with Crippen molar-refractivity contribution in [2.45, 2.75) is 26.4 Å². The van der Waals surface area contributed by atoms with Crippen molar-refractivity contribution in [1.29, 1.82) is 0 Å². The van der Waals surface area contributed by atoms with Gasteiger partial charge in [0.15, 0.2) is 0 Å². The molecule has 0 saturated carbocycles. The van der Waals surface area contributed by atoms with Crippen molar-refractivity contribution in [3.63, 3.8) is 0 Å². The zero-order valence-corrected chi connectivity index (χ0v) is 11.9. The molecule has 0 radical (unpaired) electrons. The first kappa shape index (κ1) is 13.7. The van der Waals surface area contributed by atoms with Gasteiger partial charge < -0.3 is 10.1 Å². The Bertz CT molecular complexity index is 338. The Balaban J connectivity index is 2.10. The molecule has 0 aliphatic rings. The van der Waals surface area contributed by atoms with Crippen molar-refractivity contribution >= 4 is 33.2 Å². The van der Waals surface area contributed by atoms with Crippen LogP contribution in [0.3, 0.4) is 0 Å². The standard InChI is InChI=1S/C11H16BrNO2S/c1-8(2)15-11(14)7-13-6-5-9-3-4-10(12)16-9/h3-4,8,13H,5-7H2,1-2H3. The van der Waals surface area contributed by atoms with Crippen LogP contribution in [0.5, 0.6) is 0 Å². The SMILES string of the molecule is CC(C)OC(=O)CNCCc1ccc(Br)s1. The number of esters is 1. The molecule has 0 unspecified atom stereocenters. The Morgan fingerprint density at radius 3 is 2.88 bits per heavy atom. The first-order valence-electron chi connectivity index (χ1n) is 5.22. The van der Waals surface area contributed by atoms with Gasteiger partial charge in [0.2, 0.25) is 0 Å². The molecule has 0 aromatic carbocycles. The third-order valence-corrected chi connectivity index (χ3v) is 3.50. The lowest BCUT2D eigenvalue weighted by Gasteiger charge is -2.08. The molecular weight excluding hydrogens is 290 g/mol. The average molecular weight is 306 g/mol. The molecule has 0 aliphatic heterocycles. The summed E-state index contributed by atoms with van der Waals surface area (Å²) in [6.07, 6.45) is 0.896. The largest absolute Gasteiger partial charge is 0.462 e. The van der Waals surface area contributed by atoms with E-state index in [-0.39, 0.29) is 18.6 Å². The highest BCUT2D eigenvalue weighted by molar-refractivity contribution is 9.11. The van der Waals surface area contributed by atoms with E-state index in [1.807, 2.05) is 19.9 Å². The van der Waals surface area contributed by atoms with Gasteiger partial charge in [-0.1, -0.05) is 0 Å². The summed E-state index contributed by atoms with van der Waals surface area (Å²) in [5.41, 5.74) is 0. The van der Waals surface area contributed by atoms with E-state index < -0.39 is 0 Å². The molecule has 0 amide bonds. The van der Waals surface area contributed by atoms with Crippen LogP contribution in [-0.4, -0.2) is 25.2 Å². The molecule has 1 aromatic heterocycles. The smallest absolute Gasteiger partial charge is 0.320 e. The molecule has 0 fully saturated rings. The quantitative estimate of drug-likeness (QED) is 0.648. The monoisotopic (exact) mass is 305 g/mol. The molecule has 5 heteroatoms. The highest BCUT2D eigenvalue weighted by Gasteiger charge is 2.04. The second-order valence-corrected chi connectivity index (χ2v) is 6.22. The normalized spacial score (nSPS) is 10.8. The van der Waals surface area contributed by atoms with Crippen molar-refractivity contribution in [1.82, 2.24) is 5.32 Å². The average Bonchev–Trinajstić information content (AvgIpc) is 2.58. The molecule has 1 aromatic rings. The summed E-state index contributed by atoms with van der Waals surface area (Å²) in [4.78, 5) is 12.5. The highest BCUT2D eigenvalue weighted by atomic mass is 79.9. The van der Waals surface area contributed by atoms with Gasteiger partial charge in [-0.3, -0.25) is 4.79 Å². The second kappa shape index (κ2) is 7.04. The lowest BCUT2D eigenvalue weighted by Crippen LogP contribution is -2.28. The maximum absolute atomic E-state index is 11.2. The summed E-state index contributed by atoms with van der Waals surface area (Å²) in [5, 5.41) is 3.07. The van der Waals surface area contributed by atoms with E-state index in [1.165, 1.54) is 4.88 Å². The first-order chi connectivity index (χ1) is 7.58. The van der Waals surface area contributed by atoms with Gasteiger partial charge in [0.25, 0.3) is 0 Å². The molecule has 16 heavy (non-hydrogen) atoms. The number of rotatable bonds is 6. The molecule has 90 valence electrons. The van der Waals surface area contributed by atoms with E-state index in [0.29, 0.717) is 0 Å². The summed E-state index contributed by atoms with van der Waals surface area (Å²) >= 11 is 5.13. The molecule has 1 heterocycles. The van der Waals surface area contributed by atoms with Gasteiger partial charge in [0.1, 0.15) is 0 Å². The summed E-state index contributed by atoms with van der Waals surface area (Å²) in [6.45, 7) is 4.77. The first-order valence-corrected chi connectivity index (χ1v) is 6.83. The van der Waals surface area contributed by atoms with Gasteiger partial charge in [0, 0.05) is 11.4 Å². The van der Waals surface area contributed by atoms with Crippen LogP contribution >= 0.6 is 27.3 Å². The minimum atomic E-state index is -0.192. The van der Waals surface area contributed by atoms with E-state index in [4.69, 9.17) is 4.74 Å². The van der Waals surface area contributed by atoms with Crippen LogP contribution in [0.4, 0.5) is 0 Å². The summed E-state index contributed by atoms with van der Waals surface area (Å²) in [6, 6.07) is 4.12. The van der Waals surface area contributed by atoms with Crippen molar-refractivity contribution in [3.05, 3.63) is 20.8 Å². The van der Waals surface area contributed by atoms with Crippen LogP contribution in [0.25, 0.3) is 0 Å². The Morgan fingerprint density at radius 1 is 1.56 bits per heavy atom. The lowest BCUT2D eigenvalue weighted by atomic mass is 10.3. The topological polar surface area (TPSA) is 38.3 Å². The number of carbonyl (C=O) groups excluding carboxylic acids is 1. The molecule has 0 atom stereocenters. The van der Waals surface area contributed by atoms with Gasteiger partial charge in [-0.2, -0.15) is 0 Å². The van der Waals surface area contributed by atoms with Crippen LogP contribution in [0, 0.1) is 0 Å². The number of nitrogens with one attached hydrogen (secondary N) is 1. The van der Waals surface area contributed by atoms with E-state index in [9.17, 15) is 4.79 Å². The predicted molar refractivity (Wildman–Crippen MR) is 69.8 cm³/mol. The highest BCUT2D eigenvalue weighted by Crippen LogP contribution is 2.21. The van der Waals surface area contributed by atoms with Crippen molar-refractivity contribution in [2.75, 3.05) is 13.1 Å². The van der Waals surface area contributed by atoms with Gasteiger partial charge in [0.05, 0.1) is 16.4 Å². The summed E-state index contributed by atoms with van der Waals surface area (Å²) in [5.74, 6) is -0.192. The van der Waals surface area contributed by atoms with Crippen molar-refractivity contribution < 1.29 is 9.53 Å². The third kappa shape index (κ3) is 5.63. The number of carbonyl (C=O) groups is 1. The minimum Gasteiger partial charge on any atom is -0.462 e. The predicted octanol–water partition coefficient (Wildman–Crippen LogP) is 2.59. The van der Waals surface area contributed by atoms with E-state index >= 15 is 0 Å². The third-order valence-electron chi connectivity index (χ3n) is 1.81. The Morgan fingerprint density at radius 2 is 2.31 bits per heavy atom. The van der Waals surface area contributed by atoms with E-state index in [1.54, 1.807) is 11.3 Å². The number of ether oxygens (including phenoxy) is 1. The maximum atomic E-state index is 11.2. The molecule has 0 aliphatic carbocycles. The summed E-state index contributed by atoms with van der Waals surface area (Å²) in [7, 11) is 0. The molecule has 0 spiro atoms. The second-order valence-electron chi connectivity index (χ2n) is 3.67. The molecule has 1 rings (SSSR count). The fraction of sp³-hybridized carbons (Fsp3) is 0.545. The molecule has 0 bridgehead atoms. The van der Waals surface area contributed by atoms with Gasteiger partial charge >= 0.3 is 5.97 Å². The fourth-order valence-corrected chi connectivity index (χ4v) is 2.68. The van der Waals surface area contributed by atoms with Crippen LogP contribution in [0.15, 0.2) is 15.9 Å². The van der Waals surface area contributed by atoms with Crippen LogP contribution in [0.2, 0.25) is 0 Å². The minimum absolute atomic E-state index is 0.0393. The fourth-order valence-electron chi connectivity index (χ4n) is 1.19. The van der Waals surface area contributed by atoms with E-state index in [0.717, 1.165) is 16.8 Å². The van der Waals surface area contributed by atoms with Crippen LogP contribution < -0.4 is 5.32 Å². The number of hydrogen-bond donors (Lipinski definition) is 1. The van der Waals surface area contributed by atoms with Gasteiger partial charge in [-0.05, 0) is 48.3 Å². The van der Waals surface area contributed by atoms with Gasteiger partial charge in [-0.25, -0.2) is 0 Å². The molecule has 3 nitrogen and oxygen atoms in total. The Labute approximate surface area is 108 Å². The zero-order chi connectivity index (χ0) is 12.0. The molecule has 1 N–H and O–H groups in total. The van der Waals surface area contributed by atoms with Crippen LogP contribution in [-0.2, 0) is 16.0 Å². The van der Waals surface area contributed by atoms with Crippen molar-refractivity contribution in [2.24, 2.45) is 0 Å². The van der Waals surface area contributed by atoms with Crippen LogP contribution in [0.1, 0.15) is 18.7 Å². The summed E-state index contributed by atoms with van der Waals surface area (Å²) < 4.78 is 6.14. The Kier molecular flexibility index (Phi) is 6.01. The Hall–Kier alpha value is -0.390. The number of hydrogen-bond acceptors (Lipinski definition) is 4. The van der Waals surface area contributed by atoms with Gasteiger partial charge in [-0.15, -0.1) is 11.3 Å². The zero-order valence-electron chi connectivity index (χ0n) is 9.46. The maximum Gasteiger partial charge on any atom is 0.320 e. The molecular formula is C11H16BrNO2S. The number of thiophene rings is 1. The van der Waals surface area contributed by atoms with Crippen molar-refractivity contribution in [3.8, 4) is 0 Å². The lowest BCUT2D eigenvalue weighted by molar-refractivity contribution is -0.146. The number of halogens is 1. The van der Waals surface area contributed by atoms with E-state index in [2.05, 4.69) is 27.3 Å². The molecule has 0 saturated heterocycles.